The standard InChI is InChI=1S/C20H18N4O3/c1-13(25)15-4-3-5-17(12-15)22-18-10-11-21-20(24-18)23-16-8-6-14(7-9-16)19(26)27-2/h3-12H,1-2H3,(H2,21,22,23,24). The van der Waals surface area contributed by atoms with Crippen LogP contribution in [0.4, 0.5) is 23.1 Å². The van der Waals surface area contributed by atoms with Crippen LogP contribution in [0.5, 0.6) is 0 Å². The van der Waals surface area contributed by atoms with Crippen molar-refractivity contribution in [2.24, 2.45) is 0 Å². The van der Waals surface area contributed by atoms with Gasteiger partial charge in [0.1, 0.15) is 5.82 Å². The molecule has 0 unspecified atom stereocenters. The van der Waals surface area contributed by atoms with Crippen molar-refractivity contribution in [3.05, 3.63) is 71.9 Å². The summed E-state index contributed by atoms with van der Waals surface area (Å²) >= 11 is 0. The van der Waals surface area contributed by atoms with Gasteiger partial charge in [0.05, 0.1) is 12.7 Å². The second-order valence-corrected chi connectivity index (χ2v) is 5.72. The fourth-order valence-electron chi connectivity index (χ4n) is 2.39. The highest BCUT2D eigenvalue weighted by Gasteiger charge is 2.06. The Bertz CT molecular complexity index is 971. The Kier molecular flexibility index (Phi) is 5.41. The van der Waals surface area contributed by atoms with Crippen LogP contribution in [-0.4, -0.2) is 28.8 Å². The lowest BCUT2D eigenvalue weighted by Crippen LogP contribution is -2.03. The van der Waals surface area contributed by atoms with E-state index in [9.17, 15) is 9.59 Å². The van der Waals surface area contributed by atoms with Gasteiger partial charge in [0.25, 0.3) is 0 Å². The Balaban J connectivity index is 1.73. The molecule has 1 aromatic heterocycles. The maximum atomic E-state index is 11.5. The molecular weight excluding hydrogens is 344 g/mol. The maximum Gasteiger partial charge on any atom is 0.337 e. The number of methoxy groups -OCH3 is 1. The largest absolute Gasteiger partial charge is 0.465 e. The van der Waals surface area contributed by atoms with Crippen molar-refractivity contribution in [1.29, 1.82) is 0 Å². The molecule has 0 bridgehead atoms. The lowest BCUT2D eigenvalue weighted by Gasteiger charge is -2.09. The summed E-state index contributed by atoms with van der Waals surface area (Å²) in [5, 5.41) is 6.23. The lowest BCUT2D eigenvalue weighted by atomic mass is 10.1. The highest BCUT2D eigenvalue weighted by Crippen LogP contribution is 2.19. The first-order valence-corrected chi connectivity index (χ1v) is 8.21. The molecule has 27 heavy (non-hydrogen) atoms. The number of carbonyl (C=O) groups is 2. The summed E-state index contributed by atoms with van der Waals surface area (Å²) in [6, 6.07) is 15.7. The van der Waals surface area contributed by atoms with Gasteiger partial charge in [0, 0.05) is 23.1 Å². The van der Waals surface area contributed by atoms with E-state index in [4.69, 9.17) is 0 Å². The fraction of sp³-hybridized carbons (Fsp3) is 0.100. The number of esters is 1. The fourth-order valence-corrected chi connectivity index (χ4v) is 2.39. The van der Waals surface area contributed by atoms with E-state index in [0.29, 0.717) is 22.9 Å². The number of anilines is 4. The summed E-state index contributed by atoms with van der Waals surface area (Å²) in [5.41, 5.74) is 2.58. The molecule has 136 valence electrons. The predicted molar refractivity (Wildman–Crippen MR) is 103 cm³/mol. The van der Waals surface area contributed by atoms with E-state index in [0.717, 1.165) is 11.4 Å². The van der Waals surface area contributed by atoms with Crippen molar-refractivity contribution in [2.75, 3.05) is 17.7 Å². The number of aromatic nitrogens is 2. The normalized spacial score (nSPS) is 10.1. The molecule has 0 saturated carbocycles. The predicted octanol–water partition coefficient (Wildman–Crippen LogP) is 3.95. The molecule has 0 amide bonds. The average Bonchev–Trinajstić information content (AvgIpc) is 2.68. The molecule has 0 fully saturated rings. The van der Waals surface area contributed by atoms with Crippen LogP contribution in [-0.2, 0) is 4.74 Å². The first-order chi connectivity index (χ1) is 13.0. The van der Waals surface area contributed by atoms with Crippen LogP contribution in [0, 0.1) is 0 Å². The highest BCUT2D eigenvalue weighted by atomic mass is 16.5. The molecule has 0 aliphatic carbocycles. The van der Waals surface area contributed by atoms with Crippen molar-refractivity contribution in [2.45, 2.75) is 6.92 Å². The van der Waals surface area contributed by atoms with E-state index in [1.807, 2.05) is 12.1 Å². The van der Waals surface area contributed by atoms with Gasteiger partial charge in [-0.1, -0.05) is 12.1 Å². The number of nitrogens with one attached hydrogen (secondary N) is 2. The highest BCUT2D eigenvalue weighted by molar-refractivity contribution is 5.95. The minimum absolute atomic E-state index is 0.000838. The van der Waals surface area contributed by atoms with Gasteiger partial charge in [-0.15, -0.1) is 0 Å². The third kappa shape index (κ3) is 4.66. The van der Waals surface area contributed by atoms with Crippen LogP contribution in [0.1, 0.15) is 27.6 Å². The van der Waals surface area contributed by atoms with Gasteiger partial charge >= 0.3 is 5.97 Å². The number of benzene rings is 2. The van der Waals surface area contributed by atoms with Gasteiger partial charge in [-0.05, 0) is 49.4 Å². The third-order valence-electron chi connectivity index (χ3n) is 3.76. The molecule has 0 aliphatic heterocycles. The van der Waals surface area contributed by atoms with Crippen molar-refractivity contribution >= 4 is 34.9 Å². The number of carbonyl (C=O) groups excluding carboxylic acids is 2. The average molecular weight is 362 g/mol. The van der Waals surface area contributed by atoms with Gasteiger partial charge in [-0.2, -0.15) is 4.98 Å². The summed E-state index contributed by atoms with van der Waals surface area (Å²) in [6.45, 7) is 1.53. The van der Waals surface area contributed by atoms with Crippen molar-refractivity contribution in [3.63, 3.8) is 0 Å². The van der Waals surface area contributed by atoms with Gasteiger partial charge in [0.15, 0.2) is 5.78 Å². The molecule has 7 nitrogen and oxygen atoms in total. The lowest BCUT2D eigenvalue weighted by molar-refractivity contribution is 0.0600. The van der Waals surface area contributed by atoms with Crippen LogP contribution >= 0.6 is 0 Å². The minimum atomic E-state index is -0.392. The summed E-state index contributed by atoms with van der Waals surface area (Å²) in [5.74, 6) is 0.587. The molecule has 0 spiro atoms. The Morgan fingerprint density at radius 1 is 0.926 bits per heavy atom. The van der Waals surface area contributed by atoms with Crippen LogP contribution < -0.4 is 10.6 Å². The number of Topliss-reactive ketones (excluding diaryl/α,β-unsaturated/α-hetero) is 1. The maximum absolute atomic E-state index is 11.5. The van der Waals surface area contributed by atoms with E-state index in [1.54, 1.807) is 48.7 Å². The van der Waals surface area contributed by atoms with Crippen molar-refractivity contribution in [1.82, 2.24) is 9.97 Å². The number of hydrogen-bond acceptors (Lipinski definition) is 7. The Morgan fingerprint density at radius 3 is 2.41 bits per heavy atom. The van der Waals surface area contributed by atoms with E-state index in [-0.39, 0.29) is 5.78 Å². The topological polar surface area (TPSA) is 93.2 Å². The third-order valence-corrected chi connectivity index (χ3v) is 3.76. The first-order valence-electron chi connectivity index (χ1n) is 8.21. The molecule has 0 atom stereocenters. The SMILES string of the molecule is COC(=O)c1ccc(Nc2nccc(Nc3cccc(C(C)=O)c3)n2)cc1. The van der Waals surface area contributed by atoms with Gasteiger partial charge in [-0.25, -0.2) is 9.78 Å². The van der Waals surface area contributed by atoms with E-state index in [2.05, 4.69) is 25.3 Å². The zero-order valence-corrected chi connectivity index (χ0v) is 14.9. The first kappa shape index (κ1) is 18.1. The molecule has 2 aromatic carbocycles. The molecule has 1 heterocycles. The second-order valence-electron chi connectivity index (χ2n) is 5.72. The molecule has 7 heteroatoms. The summed E-state index contributed by atoms with van der Waals surface area (Å²) < 4.78 is 4.68. The Morgan fingerprint density at radius 2 is 1.70 bits per heavy atom. The molecule has 2 N–H and O–H groups in total. The molecule has 3 aromatic rings. The monoisotopic (exact) mass is 362 g/mol. The minimum Gasteiger partial charge on any atom is -0.465 e. The Hall–Kier alpha value is -3.74. The number of rotatable bonds is 6. The van der Waals surface area contributed by atoms with Crippen LogP contribution in [0.2, 0.25) is 0 Å². The van der Waals surface area contributed by atoms with Crippen LogP contribution in [0.15, 0.2) is 60.8 Å². The number of nitrogens with zero attached hydrogens (tertiary/aromatic N) is 2. The summed E-state index contributed by atoms with van der Waals surface area (Å²) in [7, 11) is 1.34. The number of ketones is 1. The van der Waals surface area contributed by atoms with Gasteiger partial charge in [-0.3, -0.25) is 4.79 Å². The van der Waals surface area contributed by atoms with Crippen LogP contribution in [0.25, 0.3) is 0 Å². The van der Waals surface area contributed by atoms with E-state index in [1.165, 1.54) is 14.0 Å². The number of hydrogen-bond donors (Lipinski definition) is 2. The van der Waals surface area contributed by atoms with Crippen molar-refractivity contribution in [3.8, 4) is 0 Å². The summed E-state index contributed by atoms with van der Waals surface area (Å²) in [6.07, 6.45) is 1.62. The second kappa shape index (κ2) is 8.09. The molecule has 3 rings (SSSR count). The molecular formula is C20H18N4O3. The van der Waals surface area contributed by atoms with E-state index < -0.39 is 5.97 Å². The Labute approximate surface area is 156 Å². The zero-order chi connectivity index (χ0) is 19.2. The summed E-state index contributed by atoms with van der Waals surface area (Å²) in [4.78, 5) is 31.6. The molecule has 0 aliphatic rings. The smallest absolute Gasteiger partial charge is 0.337 e. The van der Waals surface area contributed by atoms with Gasteiger partial charge < -0.3 is 15.4 Å². The molecule has 0 saturated heterocycles. The quantitative estimate of drug-likeness (QED) is 0.506. The number of ether oxygens (including phenoxy) is 1. The zero-order valence-electron chi connectivity index (χ0n) is 14.9. The van der Waals surface area contributed by atoms with Crippen molar-refractivity contribution < 1.29 is 14.3 Å². The van der Waals surface area contributed by atoms with E-state index >= 15 is 0 Å². The van der Waals surface area contributed by atoms with Gasteiger partial charge in [0.2, 0.25) is 5.95 Å². The molecule has 0 radical (unpaired) electrons. The van der Waals surface area contributed by atoms with Crippen LogP contribution in [0.3, 0.4) is 0 Å².